The second kappa shape index (κ2) is 7.31. The van der Waals surface area contributed by atoms with E-state index in [2.05, 4.69) is 13.8 Å². The SMILES string of the molecule is CCCCCc1coc(=O)n1CCCCC. The highest BCUT2D eigenvalue weighted by atomic mass is 16.4. The molecule has 0 aliphatic carbocycles. The first kappa shape index (κ1) is 13.1. The molecule has 0 bridgehead atoms. The van der Waals surface area contributed by atoms with E-state index in [1.54, 1.807) is 10.8 Å². The summed E-state index contributed by atoms with van der Waals surface area (Å²) in [6.07, 6.45) is 9.58. The molecule has 0 amide bonds. The van der Waals surface area contributed by atoms with Crippen LogP contribution < -0.4 is 5.76 Å². The molecule has 0 atom stereocenters. The maximum atomic E-state index is 11.5. The quantitative estimate of drug-likeness (QED) is 0.636. The molecule has 0 spiro atoms. The van der Waals surface area contributed by atoms with Gasteiger partial charge in [0.2, 0.25) is 0 Å². The van der Waals surface area contributed by atoms with Crippen molar-refractivity contribution >= 4 is 0 Å². The van der Waals surface area contributed by atoms with Gasteiger partial charge in [-0.05, 0) is 19.3 Å². The van der Waals surface area contributed by atoms with Gasteiger partial charge in [-0.25, -0.2) is 4.79 Å². The van der Waals surface area contributed by atoms with Crippen molar-refractivity contribution in [3.63, 3.8) is 0 Å². The van der Waals surface area contributed by atoms with Crippen LogP contribution >= 0.6 is 0 Å². The van der Waals surface area contributed by atoms with Crippen molar-refractivity contribution in [2.24, 2.45) is 0 Å². The third-order valence-electron chi connectivity index (χ3n) is 2.88. The first-order chi connectivity index (χ1) is 7.79. The fourth-order valence-electron chi connectivity index (χ4n) is 1.87. The summed E-state index contributed by atoms with van der Waals surface area (Å²) >= 11 is 0. The summed E-state index contributed by atoms with van der Waals surface area (Å²) in [6, 6.07) is 0. The van der Waals surface area contributed by atoms with Crippen LogP contribution in [0.4, 0.5) is 0 Å². The van der Waals surface area contributed by atoms with Gasteiger partial charge in [0.15, 0.2) is 0 Å². The van der Waals surface area contributed by atoms with Crippen molar-refractivity contribution in [1.82, 2.24) is 4.57 Å². The monoisotopic (exact) mass is 225 g/mol. The van der Waals surface area contributed by atoms with Crippen LogP contribution in [0.2, 0.25) is 0 Å². The van der Waals surface area contributed by atoms with Gasteiger partial charge in [0, 0.05) is 6.54 Å². The van der Waals surface area contributed by atoms with Gasteiger partial charge in [-0.1, -0.05) is 39.5 Å². The molecular formula is C13H23NO2. The van der Waals surface area contributed by atoms with E-state index < -0.39 is 0 Å². The van der Waals surface area contributed by atoms with Crippen LogP contribution in [0.1, 0.15) is 58.1 Å². The van der Waals surface area contributed by atoms with E-state index in [1.165, 1.54) is 25.7 Å². The zero-order valence-corrected chi connectivity index (χ0v) is 10.5. The minimum absolute atomic E-state index is 0.192. The van der Waals surface area contributed by atoms with E-state index in [0.29, 0.717) is 0 Å². The summed E-state index contributed by atoms with van der Waals surface area (Å²) in [5, 5.41) is 0. The van der Waals surface area contributed by atoms with E-state index in [4.69, 9.17) is 4.42 Å². The third-order valence-corrected chi connectivity index (χ3v) is 2.88. The zero-order chi connectivity index (χ0) is 11.8. The fourth-order valence-corrected chi connectivity index (χ4v) is 1.87. The highest BCUT2D eigenvalue weighted by Gasteiger charge is 2.07. The van der Waals surface area contributed by atoms with Crippen LogP contribution in [-0.4, -0.2) is 4.57 Å². The molecule has 1 aromatic heterocycles. The Bertz CT molecular complexity index is 338. The maximum absolute atomic E-state index is 11.5. The molecular weight excluding hydrogens is 202 g/mol. The van der Waals surface area contributed by atoms with Crippen LogP contribution in [0.25, 0.3) is 0 Å². The number of hydrogen-bond acceptors (Lipinski definition) is 2. The zero-order valence-electron chi connectivity index (χ0n) is 10.5. The Morgan fingerprint density at radius 1 is 1.12 bits per heavy atom. The summed E-state index contributed by atoms with van der Waals surface area (Å²) in [5.41, 5.74) is 1.06. The van der Waals surface area contributed by atoms with Crippen LogP contribution in [0.15, 0.2) is 15.5 Å². The highest BCUT2D eigenvalue weighted by Crippen LogP contribution is 2.07. The number of oxazole rings is 1. The number of aryl methyl sites for hydroxylation is 1. The molecule has 92 valence electrons. The summed E-state index contributed by atoms with van der Waals surface area (Å²) in [7, 11) is 0. The van der Waals surface area contributed by atoms with Gasteiger partial charge in [-0.15, -0.1) is 0 Å². The van der Waals surface area contributed by atoms with E-state index in [9.17, 15) is 4.79 Å². The van der Waals surface area contributed by atoms with Crippen LogP contribution in [0.3, 0.4) is 0 Å². The summed E-state index contributed by atoms with van der Waals surface area (Å²) in [6.45, 7) is 5.16. The Kier molecular flexibility index (Phi) is 5.98. The molecule has 0 aliphatic heterocycles. The standard InChI is InChI=1S/C13H23NO2/c1-3-5-7-9-12-11-16-13(15)14(12)10-8-6-4-2/h11H,3-10H2,1-2H3. The van der Waals surface area contributed by atoms with E-state index >= 15 is 0 Å². The number of aromatic nitrogens is 1. The van der Waals surface area contributed by atoms with Crippen molar-refractivity contribution in [2.45, 2.75) is 65.3 Å². The van der Waals surface area contributed by atoms with Crippen molar-refractivity contribution in [3.8, 4) is 0 Å². The largest absolute Gasteiger partial charge is 0.419 e. The van der Waals surface area contributed by atoms with Crippen LogP contribution in [0, 0.1) is 0 Å². The fraction of sp³-hybridized carbons (Fsp3) is 0.769. The summed E-state index contributed by atoms with van der Waals surface area (Å²) in [5.74, 6) is -0.192. The van der Waals surface area contributed by atoms with Crippen molar-refractivity contribution in [1.29, 1.82) is 0 Å². The average molecular weight is 225 g/mol. The lowest BCUT2D eigenvalue weighted by atomic mass is 10.1. The van der Waals surface area contributed by atoms with Crippen molar-refractivity contribution < 1.29 is 4.42 Å². The first-order valence-corrected chi connectivity index (χ1v) is 6.46. The predicted molar refractivity (Wildman–Crippen MR) is 65.7 cm³/mol. The predicted octanol–water partition coefficient (Wildman–Crippen LogP) is 3.36. The Morgan fingerprint density at radius 2 is 1.81 bits per heavy atom. The molecule has 0 aliphatic rings. The van der Waals surface area contributed by atoms with E-state index in [1.807, 2.05) is 0 Å². The molecule has 0 N–H and O–H groups in total. The van der Waals surface area contributed by atoms with Crippen LogP contribution in [0.5, 0.6) is 0 Å². The Morgan fingerprint density at radius 3 is 2.50 bits per heavy atom. The second-order valence-electron chi connectivity index (χ2n) is 4.31. The number of nitrogens with zero attached hydrogens (tertiary/aromatic N) is 1. The molecule has 0 fully saturated rings. The van der Waals surface area contributed by atoms with Gasteiger partial charge >= 0.3 is 5.76 Å². The van der Waals surface area contributed by atoms with Gasteiger partial charge in [-0.2, -0.15) is 0 Å². The van der Waals surface area contributed by atoms with Crippen molar-refractivity contribution in [3.05, 3.63) is 22.5 Å². The van der Waals surface area contributed by atoms with Crippen LogP contribution in [-0.2, 0) is 13.0 Å². The summed E-state index contributed by atoms with van der Waals surface area (Å²) < 4.78 is 6.76. The van der Waals surface area contributed by atoms with Crippen molar-refractivity contribution in [2.75, 3.05) is 0 Å². The maximum Gasteiger partial charge on any atom is 0.419 e. The molecule has 16 heavy (non-hydrogen) atoms. The van der Waals surface area contributed by atoms with Gasteiger partial charge in [-0.3, -0.25) is 4.57 Å². The lowest BCUT2D eigenvalue weighted by molar-refractivity contribution is 0.466. The molecule has 0 radical (unpaired) electrons. The smallest absolute Gasteiger partial charge is 0.416 e. The molecule has 1 heterocycles. The molecule has 0 saturated carbocycles. The van der Waals surface area contributed by atoms with Gasteiger partial charge < -0.3 is 4.42 Å². The first-order valence-electron chi connectivity index (χ1n) is 6.46. The number of unbranched alkanes of at least 4 members (excludes halogenated alkanes) is 4. The Labute approximate surface area is 97.5 Å². The Hall–Kier alpha value is -0.990. The molecule has 3 heteroatoms. The lowest BCUT2D eigenvalue weighted by Crippen LogP contribution is -2.17. The summed E-state index contributed by atoms with van der Waals surface area (Å²) in [4.78, 5) is 11.5. The van der Waals surface area contributed by atoms with Gasteiger partial charge in [0.25, 0.3) is 0 Å². The van der Waals surface area contributed by atoms with Gasteiger partial charge in [0.05, 0.1) is 5.69 Å². The molecule has 0 unspecified atom stereocenters. The molecule has 0 aromatic carbocycles. The normalized spacial score (nSPS) is 10.9. The number of rotatable bonds is 8. The third kappa shape index (κ3) is 3.87. The molecule has 3 nitrogen and oxygen atoms in total. The van der Waals surface area contributed by atoms with E-state index in [0.717, 1.165) is 31.5 Å². The molecule has 0 saturated heterocycles. The topological polar surface area (TPSA) is 35.1 Å². The lowest BCUT2D eigenvalue weighted by Gasteiger charge is -2.04. The van der Waals surface area contributed by atoms with E-state index in [-0.39, 0.29) is 5.76 Å². The minimum atomic E-state index is -0.192. The molecule has 1 rings (SSSR count). The average Bonchev–Trinajstić information content (AvgIpc) is 2.62. The minimum Gasteiger partial charge on any atom is -0.416 e. The number of hydrogen-bond donors (Lipinski definition) is 0. The second-order valence-corrected chi connectivity index (χ2v) is 4.31. The highest BCUT2D eigenvalue weighted by molar-refractivity contribution is 4.95. The molecule has 1 aromatic rings. The van der Waals surface area contributed by atoms with Gasteiger partial charge in [0.1, 0.15) is 6.26 Å². The Balaban J connectivity index is 2.52.